The van der Waals surface area contributed by atoms with Crippen LogP contribution >= 0.6 is 0 Å². The number of ketones is 1. The minimum atomic E-state index is -1.19. The predicted octanol–water partition coefficient (Wildman–Crippen LogP) is 2.85. The maximum Gasteiger partial charge on any atom is 0.293 e. The second kappa shape index (κ2) is 6.92. The largest absolute Gasteiger partial charge is 0.319 e. The molecule has 6 nitrogen and oxygen atoms in total. The number of benzene rings is 2. The Hall–Kier alpha value is -3.28. The van der Waals surface area contributed by atoms with Gasteiger partial charge in [0.25, 0.3) is 11.8 Å². The Bertz CT molecular complexity index is 919. The molecule has 1 N–H and O–H groups in total. The fraction of sp³-hybridized carbons (Fsp3) is 0.200. The molecule has 0 bridgehead atoms. The normalized spacial score (nSPS) is 16.4. The highest BCUT2D eigenvalue weighted by molar-refractivity contribution is 6.50. The van der Waals surface area contributed by atoms with Gasteiger partial charge in [-0.1, -0.05) is 24.3 Å². The van der Waals surface area contributed by atoms with E-state index in [0.717, 1.165) is 11.1 Å². The van der Waals surface area contributed by atoms with E-state index in [-0.39, 0.29) is 0 Å². The fourth-order valence-electron chi connectivity index (χ4n) is 2.76. The van der Waals surface area contributed by atoms with Crippen LogP contribution in [0, 0.1) is 19.8 Å². The molecule has 3 rings (SSSR count). The maximum absolute atomic E-state index is 12.6. The molecule has 2 aromatic carbocycles. The lowest BCUT2D eigenvalue weighted by atomic mass is 9.98. The van der Waals surface area contributed by atoms with Crippen LogP contribution in [0.5, 0.6) is 0 Å². The van der Waals surface area contributed by atoms with Crippen LogP contribution in [0.2, 0.25) is 0 Å². The molecule has 0 fully saturated rings. The standard InChI is InChI=1S/C20H19N3O3/c1-12-9-10-15(11-13(12)2)21-19(25)18(24)17-14(3)22-23(20(17)26)16-7-5-4-6-8-16/h4-11,17H,1-3H3,(H,21,25)/t17-/m1/s1. The molecular weight excluding hydrogens is 330 g/mol. The highest BCUT2D eigenvalue weighted by Gasteiger charge is 2.42. The van der Waals surface area contributed by atoms with Gasteiger partial charge in [0.05, 0.1) is 11.4 Å². The Labute approximate surface area is 151 Å². The first kappa shape index (κ1) is 17.5. The van der Waals surface area contributed by atoms with Crippen LogP contribution in [-0.4, -0.2) is 23.3 Å². The summed E-state index contributed by atoms with van der Waals surface area (Å²) < 4.78 is 0. The number of anilines is 2. The zero-order valence-corrected chi connectivity index (χ0v) is 14.8. The Morgan fingerprint density at radius 3 is 2.35 bits per heavy atom. The molecule has 0 aliphatic carbocycles. The summed E-state index contributed by atoms with van der Waals surface area (Å²) in [4.78, 5) is 37.5. The van der Waals surface area contributed by atoms with Crippen molar-refractivity contribution in [2.45, 2.75) is 20.8 Å². The number of para-hydroxylation sites is 1. The molecule has 26 heavy (non-hydrogen) atoms. The molecule has 1 atom stereocenters. The van der Waals surface area contributed by atoms with Gasteiger partial charge in [-0.2, -0.15) is 10.1 Å². The van der Waals surface area contributed by atoms with Gasteiger partial charge in [0.1, 0.15) is 5.92 Å². The lowest BCUT2D eigenvalue weighted by molar-refractivity contribution is -0.138. The summed E-state index contributed by atoms with van der Waals surface area (Å²) in [6.07, 6.45) is 0. The van der Waals surface area contributed by atoms with E-state index < -0.39 is 23.5 Å². The third kappa shape index (κ3) is 3.26. The number of amides is 2. The van der Waals surface area contributed by atoms with Gasteiger partial charge < -0.3 is 5.32 Å². The lowest BCUT2D eigenvalue weighted by Crippen LogP contribution is -2.39. The molecule has 6 heteroatoms. The SMILES string of the molecule is CC1=NN(c2ccccc2)C(=O)[C@H]1C(=O)C(=O)Nc1ccc(C)c(C)c1. The van der Waals surface area contributed by atoms with E-state index in [1.807, 2.05) is 26.0 Å². The summed E-state index contributed by atoms with van der Waals surface area (Å²) in [5, 5.41) is 7.89. The lowest BCUT2D eigenvalue weighted by Gasteiger charge is -2.13. The second-order valence-electron chi connectivity index (χ2n) is 6.28. The van der Waals surface area contributed by atoms with Gasteiger partial charge in [-0.15, -0.1) is 0 Å². The number of hydrogen-bond donors (Lipinski definition) is 1. The Morgan fingerprint density at radius 2 is 1.69 bits per heavy atom. The summed E-state index contributed by atoms with van der Waals surface area (Å²) in [6, 6.07) is 14.2. The van der Waals surface area contributed by atoms with Crippen LogP contribution < -0.4 is 10.3 Å². The first-order chi connectivity index (χ1) is 12.4. The van der Waals surface area contributed by atoms with Gasteiger partial charge in [0, 0.05) is 5.69 Å². The molecule has 1 heterocycles. The zero-order chi connectivity index (χ0) is 18.8. The minimum absolute atomic E-state index is 0.305. The number of aryl methyl sites for hydroxylation is 2. The highest BCUT2D eigenvalue weighted by Crippen LogP contribution is 2.24. The molecule has 2 amide bonds. The van der Waals surface area contributed by atoms with E-state index in [2.05, 4.69) is 10.4 Å². The number of rotatable bonds is 4. The maximum atomic E-state index is 12.6. The molecule has 0 unspecified atom stereocenters. The second-order valence-corrected chi connectivity index (χ2v) is 6.28. The molecule has 0 radical (unpaired) electrons. The molecule has 132 valence electrons. The van der Waals surface area contributed by atoms with Gasteiger partial charge in [-0.3, -0.25) is 14.4 Å². The van der Waals surface area contributed by atoms with Crippen molar-refractivity contribution in [1.82, 2.24) is 0 Å². The van der Waals surface area contributed by atoms with Crippen molar-refractivity contribution in [3.8, 4) is 0 Å². The summed E-state index contributed by atoms with van der Waals surface area (Å²) in [6.45, 7) is 5.45. The highest BCUT2D eigenvalue weighted by atomic mass is 16.2. The van der Waals surface area contributed by atoms with E-state index >= 15 is 0 Å². The molecule has 1 aliphatic heterocycles. The van der Waals surface area contributed by atoms with Gasteiger partial charge in [0.2, 0.25) is 5.78 Å². The Balaban J connectivity index is 1.77. The van der Waals surface area contributed by atoms with E-state index in [1.165, 1.54) is 5.01 Å². The number of carbonyl (C=O) groups is 3. The van der Waals surface area contributed by atoms with Crippen molar-refractivity contribution >= 4 is 34.7 Å². The Kier molecular flexibility index (Phi) is 4.67. The van der Waals surface area contributed by atoms with Gasteiger partial charge in [-0.25, -0.2) is 0 Å². The van der Waals surface area contributed by atoms with E-state index in [4.69, 9.17) is 0 Å². The van der Waals surface area contributed by atoms with Crippen LogP contribution in [0.15, 0.2) is 53.6 Å². The number of nitrogens with one attached hydrogen (secondary N) is 1. The monoisotopic (exact) mass is 349 g/mol. The van der Waals surface area contributed by atoms with Crippen LogP contribution in [0.4, 0.5) is 11.4 Å². The van der Waals surface area contributed by atoms with Crippen molar-refractivity contribution < 1.29 is 14.4 Å². The van der Waals surface area contributed by atoms with Crippen molar-refractivity contribution in [3.63, 3.8) is 0 Å². The number of hydrogen-bond acceptors (Lipinski definition) is 4. The van der Waals surface area contributed by atoms with Crippen molar-refractivity contribution in [3.05, 3.63) is 59.7 Å². The zero-order valence-electron chi connectivity index (χ0n) is 14.8. The first-order valence-electron chi connectivity index (χ1n) is 8.25. The molecule has 0 saturated carbocycles. The van der Waals surface area contributed by atoms with Crippen LogP contribution in [0.1, 0.15) is 18.1 Å². The fourth-order valence-corrected chi connectivity index (χ4v) is 2.76. The quantitative estimate of drug-likeness (QED) is 0.681. The topological polar surface area (TPSA) is 78.8 Å². The average molecular weight is 349 g/mol. The van der Waals surface area contributed by atoms with Crippen molar-refractivity contribution in [2.24, 2.45) is 11.0 Å². The molecule has 0 spiro atoms. The predicted molar refractivity (Wildman–Crippen MR) is 100 cm³/mol. The number of nitrogens with zero attached hydrogens (tertiary/aromatic N) is 2. The third-order valence-corrected chi connectivity index (χ3v) is 4.38. The van der Waals surface area contributed by atoms with Crippen molar-refractivity contribution in [2.75, 3.05) is 10.3 Å². The smallest absolute Gasteiger partial charge is 0.293 e. The van der Waals surface area contributed by atoms with Crippen molar-refractivity contribution in [1.29, 1.82) is 0 Å². The molecular formula is C20H19N3O3. The van der Waals surface area contributed by atoms with E-state index in [1.54, 1.807) is 43.3 Å². The summed E-state index contributed by atoms with van der Waals surface area (Å²) in [5.41, 5.74) is 3.47. The van der Waals surface area contributed by atoms with E-state index in [9.17, 15) is 14.4 Å². The van der Waals surface area contributed by atoms with E-state index in [0.29, 0.717) is 17.1 Å². The molecule has 0 saturated heterocycles. The van der Waals surface area contributed by atoms with Gasteiger partial charge >= 0.3 is 0 Å². The summed E-state index contributed by atoms with van der Waals surface area (Å²) >= 11 is 0. The number of carbonyl (C=O) groups excluding carboxylic acids is 3. The minimum Gasteiger partial charge on any atom is -0.319 e. The molecule has 1 aliphatic rings. The number of Topliss-reactive ketones (excluding diaryl/α,β-unsaturated/α-hetero) is 1. The molecule has 0 aromatic heterocycles. The number of hydrazone groups is 1. The first-order valence-corrected chi connectivity index (χ1v) is 8.25. The van der Waals surface area contributed by atoms with Gasteiger partial charge in [-0.05, 0) is 56.2 Å². The third-order valence-electron chi connectivity index (χ3n) is 4.38. The Morgan fingerprint density at radius 1 is 1.00 bits per heavy atom. The van der Waals surface area contributed by atoms with Gasteiger partial charge in [0.15, 0.2) is 0 Å². The summed E-state index contributed by atoms with van der Waals surface area (Å²) in [5.74, 6) is -3.35. The summed E-state index contributed by atoms with van der Waals surface area (Å²) in [7, 11) is 0. The van der Waals surface area contributed by atoms with Crippen LogP contribution in [0.25, 0.3) is 0 Å². The van der Waals surface area contributed by atoms with Crippen LogP contribution in [0.3, 0.4) is 0 Å². The van der Waals surface area contributed by atoms with Crippen LogP contribution in [-0.2, 0) is 14.4 Å². The molecule has 2 aromatic rings. The average Bonchev–Trinajstić information content (AvgIpc) is 2.92.